The van der Waals surface area contributed by atoms with Crippen LogP contribution < -0.4 is 0 Å². The molecule has 4 nitrogen and oxygen atoms in total. The molecule has 1 aliphatic heterocycles. The number of ether oxygens (including phenoxy) is 1. The van der Waals surface area contributed by atoms with E-state index in [1.807, 2.05) is 56.2 Å². The van der Waals surface area contributed by atoms with E-state index in [0.29, 0.717) is 0 Å². The predicted octanol–water partition coefficient (Wildman–Crippen LogP) is 1.90. The molecule has 0 bridgehead atoms. The summed E-state index contributed by atoms with van der Waals surface area (Å²) in [5, 5.41) is 6.34. The molecule has 0 amide bonds. The zero-order valence-electron chi connectivity index (χ0n) is 11.2. The molecule has 1 aromatic carbocycles. The van der Waals surface area contributed by atoms with Crippen molar-refractivity contribution in [2.75, 3.05) is 14.2 Å². The fourth-order valence-electron chi connectivity index (χ4n) is 2.22. The molecule has 0 saturated carbocycles. The summed E-state index contributed by atoms with van der Waals surface area (Å²) in [5.74, 6) is -0.609. The van der Waals surface area contributed by atoms with E-state index < -0.39 is 0 Å². The topological polar surface area (TPSA) is 41.9 Å². The van der Waals surface area contributed by atoms with Crippen LogP contribution in [-0.4, -0.2) is 36.4 Å². The second-order valence-electron chi connectivity index (χ2n) is 4.98. The SMILES string of the molecule is COC(=O)[C@H]1C(c2ccccc2)=NN(C)C1(C)C. The number of esters is 1. The molecule has 1 aliphatic rings. The fourth-order valence-corrected chi connectivity index (χ4v) is 2.22. The van der Waals surface area contributed by atoms with Gasteiger partial charge in [0.25, 0.3) is 0 Å². The maximum absolute atomic E-state index is 12.0. The van der Waals surface area contributed by atoms with Gasteiger partial charge in [-0.1, -0.05) is 30.3 Å². The summed E-state index contributed by atoms with van der Waals surface area (Å²) in [6, 6.07) is 9.75. The van der Waals surface area contributed by atoms with Crippen LogP contribution in [0.4, 0.5) is 0 Å². The number of nitrogens with zero attached hydrogens (tertiary/aromatic N) is 2. The monoisotopic (exact) mass is 246 g/mol. The first-order valence-electron chi connectivity index (χ1n) is 5.94. The molecule has 18 heavy (non-hydrogen) atoms. The highest BCUT2D eigenvalue weighted by molar-refractivity contribution is 6.13. The lowest BCUT2D eigenvalue weighted by Gasteiger charge is -2.31. The Balaban J connectivity index is 2.46. The van der Waals surface area contributed by atoms with Crippen molar-refractivity contribution in [1.82, 2.24) is 5.01 Å². The van der Waals surface area contributed by atoms with Crippen LogP contribution in [-0.2, 0) is 9.53 Å². The van der Waals surface area contributed by atoms with Crippen molar-refractivity contribution in [3.63, 3.8) is 0 Å². The molecule has 2 rings (SSSR count). The van der Waals surface area contributed by atoms with Gasteiger partial charge in [0.2, 0.25) is 0 Å². The van der Waals surface area contributed by atoms with Crippen LogP contribution in [0.5, 0.6) is 0 Å². The third kappa shape index (κ3) is 1.88. The van der Waals surface area contributed by atoms with Gasteiger partial charge in [0, 0.05) is 7.05 Å². The van der Waals surface area contributed by atoms with Crippen LogP contribution in [0.25, 0.3) is 0 Å². The third-order valence-electron chi connectivity index (χ3n) is 3.58. The van der Waals surface area contributed by atoms with E-state index in [-0.39, 0.29) is 17.4 Å². The number of hydrogen-bond donors (Lipinski definition) is 0. The highest BCUT2D eigenvalue weighted by Gasteiger charge is 2.47. The lowest BCUT2D eigenvalue weighted by atomic mass is 9.82. The standard InChI is InChI=1S/C14H18N2O2/c1-14(2)11(13(17)18-4)12(15-16(14)3)10-8-6-5-7-9-10/h5-9,11H,1-4H3/t11-/m1/s1. The van der Waals surface area contributed by atoms with Gasteiger partial charge >= 0.3 is 5.97 Å². The van der Waals surface area contributed by atoms with Crippen LogP contribution in [0, 0.1) is 5.92 Å². The van der Waals surface area contributed by atoms with E-state index >= 15 is 0 Å². The Kier molecular flexibility index (Phi) is 3.11. The first-order valence-corrected chi connectivity index (χ1v) is 5.94. The Bertz CT molecular complexity index is 480. The Morgan fingerprint density at radius 1 is 1.33 bits per heavy atom. The Labute approximate surface area is 107 Å². The maximum atomic E-state index is 12.0. The highest BCUT2D eigenvalue weighted by Crippen LogP contribution is 2.34. The number of hydrazone groups is 1. The summed E-state index contributed by atoms with van der Waals surface area (Å²) in [7, 11) is 3.30. The minimum Gasteiger partial charge on any atom is -0.468 e. The van der Waals surface area contributed by atoms with Crippen LogP contribution in [0.2, 0.25) is 0 Å². The average Bonchev–Trinajstić information content (AvgIpc) is 2.61. The molecule has 0 radical (unpaired) electrons. The van der Waals surface area contributed by atoms with Crippen molar-refractivity contribution >= 4 is 11.7 Å². The van der Waals surface area contributed by atoms with Crippen LogP contribution >= 0.6 is 0 Å². The molecule has 0 spiro atoms. The molecule has 0 saturated heterocycles. The number of carbonyl (C=O) groups excluding carboxylic acids is 1. The molecule has 0 N–H and O–H groups in total. The van der Waals surface area contributed by atoms with Gasteiger partial charge in [-0.05, 0) is 19.4 Å². The fraction of sp³-hybridized carbons (Fsp3) is 0.429. The second-order valence-corrected chi connectivity index (χ2v) is 4.98. The van der Waals surface area contributed by atoms with Crippen molar-refractivity contribution in [2.24, 2.45) is 11.0 Å². The zero-order chi connectivity index (χ0) is 13.3. The first kappa shape index (κ1) is 12.6. The summed E-state index contributed by atoms with van der Waals surface area (Å²) in [6.45, 7) is 3.99. The van der Waals surface area contributed by atoms with Gasteiger partial charge in [-0.25, -0.2) is 0 Å². The number of methoxy groups -OCH3 is 1. The molecular weight excluding hydrogens is 228 g/mol. The van der Waals surface area contributed by atoms with Gasteiger partial charge < -0.3 is 4.74 Å². The number of benzene rings is 1. The quantitative estimate of drug-likeness (QED) is 0.748. The van der Waals surface area contributed by atoms with E-state index in [2.05, 4.69) is 5.10 Å². The maximum Gasteiger partial charge on any atom is 0.317 e. The lowest BCUT2D eigenvalue weighted by Crippen LogP contribution is -2.45. The van der Waals surface area contributed by atoms with Crippen LogP contribution in [0.3, 0.4) is 0 Å². The smallest absolute Gasteiger partial charge is 0.317 e. The molecule has 1 heterocycles. The summed E-state index contributed by atoms with van der Waals surface area (Å²) in [4.78, 5) is 12.0. The summed E-state index contributed by atoms with van der Waals surface area (Å²) in [5.41, 5.74) is 1.36. The minimum atomic E-state index is -0.377. The second kappa shape index (κ2) is 4.44. The van der Waals surface area contributed by atoms with Crippen molar-refractivity contribution in [3.05, 3.63) is 35.9 Å². The lowest BCUT2D eigenvalue weighted by molar-refractivity contribution is -0.145. The van der Waals surface area contributed by atoms with E-state index in [1.165, 1.54) is 7.11 Å². The highest BCUT2D eigenvalue weighted by atomic mass is 16.5. The van der Waals surface area contributed by atoms with E-state index in [9.17, 15) is 4.79 Å². The number of hydrogen-bond acceptors (Lipinski definition) is 4. The van der Waals surface area contributed by atoms with Gasteiger partial charge in [-0.2, -0.15) is 5.10 Å². The van der Waals surface area contributed by atoms with Crippen molar-refractivity contribution in [1.29, 1.82) is 0 Å². The first-order chi connectivity index (χ1) is 8.48. The van der Waals surface area contributed by atoms with E-state index in [0.717, 1.165) is 11.3 Å². The average molecular weight is 246 g/mol. The summed E-state index contributed by atoms with van der Waals surface area (Å²) < 4.78 is 4.92. The van der Waals surface area contributed by atoms with Crippen molar-refractivity contribution in [2.45, 2.75) is 19.4 Å². The Hall–Kier alpha value is -1.84. The molecule has 0 aliphatic carbocycles. The third-order valence-corrected chi connectivity index (χ3v) is 3.58. The molecule has 0 fully saturated rings. The zero-order valence-corrected chi connectivity index (χ0v) is 11.2. The van der Waals surface area contributed by atoms with Gasteiger partial charge in [0.1, 0.15) is 5.92 Å². The van der Waals surface area contributed by atoms with Gasteiger partial charge in [0.05, 0.1) is 18.4 Å². The largest absolute Gasteiger partial charge is 0.468 e. The predicted molar refractivity (Wildman–Crippen MR) is 70.3 cm³/mol. The normalized spacial score (nSPS) is 21.7. The molecule has 1 aromatic rings. The Morgan fingerprint density at radius 3 is 2.50 bits per heavy atom. The van der Waals surface area contributed by atoms with Gasteiger partial charge in [0.15, 0.2) is 0 Å². The molecule has 1 atom stereocenters. The minimum absolute atomic E-state index is 0.244. The van der Waals surface area contributed by atoms with Crippen LogP contribution in [0.15, 0.2) is 35.4 Å². The summed E-state index contributed by atoms with van der Waals surface area (Å²) in [6.07, 6.45) is 0. The molecule has 0 unspecified atom stereocenters. The molecular formula is C14H18N2O2. The van der Waals surface area contributed by atoms with Gasteiger partial charge in [-0.3, -0.25) is 9.80 Å². The van der Waals surface area contributed by atoms with Gasteiger partial charge in [-0.15, -0.1) is 0 Å². The van der Waals surface area contributed by atoms with E-state index in [1.54, 1.807) is 0 Å². The molecule has 4 heteroatoms. The molecule has 96 valence electrons. The number of carbonyl (C=O) groups is 1. The van der Waals surface area contributed by atoms with E-state index in [4.69, 9.17) is 4.74 Å². The number of rotatable bonds is 2. The molecule has 0 aromatic heterocycles. The van der Waals surface area contributed by atoms with Crippen molar-refractivity contribution < 1.29 is 9.53 Å². The Morgan fingerprint density at radius 2 is 1.94 bits per heavy atom. The van der Waals surface area contributed by atoms with Crippen LogP contribution in [0.1, 0.15) is 19.4 Å². The van der Waals surface area contributed by atoms with Crippen molar-refractivity contribution in [3.8, 4) is 0 Å². The summed E-state index contributed by atoms with van der Waals surface area (Å²) >= 11 is 0.